The van der Waals surface area contributed by atoms with Gasteiger partial charge in [0.2, 0.25) is 0 Å². The molecule has 0 radical (unpaired) electrons. The Morgan fingerprint density at radius 2 is 2.20 bits per heavy atom. The second-order valence-electron chi connectivity index (χ2n) is 5.03. The number of aromatic nitrogens is 2. The van der Waals surface area contributed by atoms with Gasteiger partial charge < -0.3 is 9.88 Å². The predicted molar refractivity (Wildman–Crippen MR) is 81.4 cm³/mol. The molecule has 0 unspecified atom stereocenters. The number of hydrogen-bond donors (Lipinski definition) is 1. The van der Waals surface area contributed by atoms with Crippen LogP contribution in [0.1, 0.15) is 18.9 Å². The summed E-state index contributed by atoms with van der Waals surface area (Å²) in [5.41, 5.74) is 2.01. The average Bonchev–Trinajstić information content (AvgIpc) is 2.75. The highest BCUT2D eigenvalue weighted by atomic mass is 32.2. The first kappa shape index (κ1) is 15.0. The third-order valence-corrected chi connectivity index (χ3v) is 4.09. The Hall–Kier alpha value is -1.40. The van der Waals surface area contributed by atoms with Gasteiger partial charge in [0.25, 0.3) is 0 Å². The molecule has 0 fully saturated rings. The maximum Gasteiger partial charge on any atom is 0.149 e. The van der Waals surface area contributed by atoms with Crippen LogP contribution < -0.4 is 5.32 Å². The summed E-state index contributed by atoms with van der Waals surface area (Å²) in [4.78, 5) is 4.37. The lowest BCUT2D eigenvalue weighted by atomic mass is 10.2. The zero-order valence-electron chi connectivity index (χ0n) is 12.0. The van der Waals surface area contributed by atoms with E-state index in [1.54, 1.807) is 6.20 Å². The lowest BCUT2D eigenvalue weighted by Gasteiger charge is -2.02. The SMILES string of the molecule is CCCNCc1cn(CCS(C)(=O)=O)c2ncccc12. The van der Waals surface area contributed by atoms with Crippen molar-refractivity contribution in [1.82, 2.24) is 14.9 Å². The summed E-state index contributed by atoms with van der Waals surface area (Å²) in [7, 11) is -2.97. The molecular formula is C14H21N3O2S. The number of pyridine rings is 1. The summed E-state index contributed by atoms with van der Waals surface area (Å²) in [6.07, 6.45) is 6.09. The molecule has 2 rings (SSSR count). The normalized spacial score (nSPS) is 12.1. The maximum atomic E-state index is 11.3. The molecule has 0 aliphatic rings. The van der Waals surface area contributed by atoms with E-state index in [0.717, 1.165) is 36.1 Å². The van der Waals surface area contributed by atoms with Crippen LogP contribution in [0.2, 0.25) is 0 Å². The Morgan fingerprint density at radius 1 is 1.40 bits per heavy atom. The second-order valence-corrected chi connectivity index (χ2v) is 7.29. The average molecular weight is 295 g/mol. The zero-order valence-corrected chi connectivity index (χ0v) is 12.8. The molecule has 0 aromatic carbocycles. The molecule has 0 atom stereocenters. The predicted octanol–water partition coefficient (Wildman–Crippen LogP) is 1.58. The van der Waals surface area contributed by atoms with Gasteiger partial charge in [0, 0.05) is 37.1 Å². The highest BCUT2D eigenvalue weighted by molar-refractivity contribution is 7.90. The molecule has 0 aliphatic heterocycles. The molecule has 1 N–H and O–H groups in total. The first-order valence-corrected chi connectivity index (χ1v) is 8.88. The van der Waals surface area contributed by atoms with E-state index in [1.807, 2.05) is 22.9 Å². The van der Waals surface area contributed by atoms with Crippen LogP contribution in [0.4, 0.5) is 0 Å². The molecule has 2 aromatic heterocycles. The highest BCUT2D eigenvalue weighted by Gasteiger charge is 2.10. The molecule has 0 saturated heterocycles. The first-order chi connectivity index (χ1) is 9.51. The minimum atomic E-state index is -2.97. The van der Waals surface area contributed by atoms with Crippen molar-refractivity contribution in [3.8, 4) is 0 Å². The van der Waals surface area contributed by atoms with Gasteiger partial charge in [-0.1, -0.05) is 6.92 Å². The monoisotopic (exact) mass is 295 g/mol. The standard InChI is InChI=1S/C14H21N3O2S/c1-3-6-15-10-12-11-17(8-9-20(2,18)19)14-13(12)5-4-7-16-14/h4-5,7,11,15H,3,6,8-10H2,1-2H3. The molecular weight excluding hydrogens is 274 g/mol. The van der Waals surface area contributed by atoms with Gasteiger partial charge in [-0.25, -0.2) is 13.4 Å². The number of nitrogens with one attached hydrogen (secondary N) is 1. The van der Waals surface area contributed by atoms with Crippen LogP contribution in [0.5, 0.6) is 0 Å². The van der Waals surface area contributed by atoms with Gasteiger partial charge in [0.1, 0.15) is 15.5 Å². The summed E-state index contributed by atoms with van der Waals surface area (Å²) in [6, 6.07) is 3.94. The van der Waals surface area contributed by atoms with E-state index in [-0.39, 0.29) is 5.75 Å². The fourth-order valence-corrected chi connectivity index (χ4v) is 2.70. The number of fused-ring (bicyclic) bond motifs is 1. The van der Waals surface area contributed by atoms with Gasteiger partial charge in [-0.3, -0.25) is 0 Å². The lowest BCUT2D eigenvalue weighted by Crippen LogP contribution is -2.13. The van der Waals surface area contributed by atoms with Gasteiger partial charge in [-0.2, -0.15) is 0 Å². The molecule has 0 bridgehead atoms. The van der Waals surface area contributed by atoms with Crippen LogP contribution in [0.3, 0.4) is 0 Å². The Kier molecular flexibility index (Phi) is 4.77. The third-order valence-electron chi connectivity index (χ3n) is 3.16. The topological polar surface area (TPSA) is 64.0 Å². The van der Waals surface area contributed by atoms with Gasteiger partial charge in [0.05, 0.1) is 5.75 Å². The van der Waals surface area contributed by atoms with E-state index in [1.165, 1.54) is 6.26 Å². The number of rotatable bonds is 7. The molecule has 20 heavy (non-hydrogen) atoms. The van der Waals surface area contributed by atoms with E-state index in [9.17, 15) is 8.42 Å². The second kappa shape index (κ2) is 6.37. The van der Waals surface area contributed by atoms with Crippen molar-refractivity contribution in [2.45, 2.75) is 26.4 Å². The Bertz CT molecular complexity index is 677. The number of nitrogens with zero attached hydrogens (tertiary/aromatic N) is 2. The minimum Gasteiger partial charge on any atom is -0.331 e. The molecule has 0 saturated carbocycles. The van der Waals surface area contributed by atoms with Crippen molar-refractivity contribution in [2.75, 3.05) is 18.6 Å². The van der Waals surface area contributed by atoms with E-state index in [2.05, 4.69) is 17.2 Å². The lowest BCUT2D eigenvalue weighted by molar-refractivity contribution is 0.595. The van der Waals surface area contributed by atoms with Crippen LogP contribution in [0.25, 0.3) is 11.0 Å². The largest absolute Gasteiger partial charge is 0.331 e. The van der Waals surface area contributed by atoms with Gasteiger partial charge in [-0.05, 0) is 30.7 Å². The molecule has 0 amide bonds. The zero-order chi connectivity index (χ0) is 14.6. The molecule has 5 nitrogen and oxygen atoms in total. The smallest absolute Gasteiger partial charge is 0.149 e. The molecule has 110 valence electrons. The first-order valence-electron chi connectivity index (χ1n) is 6.82. The summed E-state index contributed by atoms with van der Waals surface area (Å²) in [5, 5.41) is 4.46. The molecule has 2 aromatic rings. The Labute approximate surface area is 119 Å². The van der Waals surface area contributed by atoms with Gasteiger partial charge in [-0.15, -0.1) is 0 Å². The highest BCUT2D eigenvalue weighted by Crippen LogP contribution is 2.19. The number of aryl methyl sites for hydroxylation is 1. The summed E-state index contributed by atoms with van der Waals surface area (Å²) >= 11 is 0. The fourth-order valence-electron chi connectivity index (χ4n) is 2.17. The third kappa shape index (κ3) is 3.80. The van der Waals surface area contributed by atoms with Crippen LogP contribution in [0.15, 0.2) is 24.5 Å². The molecule has 2 heterocycles. The maximum absolute atomic E-state index is 11.3. The van der Waals surface area contributed by atoms with Crippen LogP contribution in [-0.4, -0.2) is 36.5 Å². The molecule has 6 heteroatoms. The van der Waals surface area contributed by atoms with Crippen molar-refractivity contribution in [1.29, 1.82) is 0 Å². The van der Waals surface area contributed by atoms with Crippen LogP contribution >= 0.6 is 0 Å². The van der Waals surface area contributed by atoms with Crippen molar-refractivity contribution in [3.05, 3.63) is 30.1 Å². The quantitative estimate of drug-likeness (QED) is 0.788. The van der Waals surface area contributed by atoms with Crippen molar-refractivity contribution in [3.63, 3.8) is 0 Å². The van der Waals surface area contributed by atoms with E-state index >= 15 is 0 Å². The van der Waals surface area contributed by atoms with E-state index in [0.29, 0.717) is 6.54 Å². The summed E-state index contributed by atoms with van der Waals surface area (Å²) in [5.74, 6) is 0.134. The van der Waals surface area contributed by atoms with Crippen molar-refractivity contribution < 1.29 is 8.42 Å². The van der Waals surface area contributed by atoms with Crippen molar-refractivity contribution >= 4 is 20.9 Å². The van der Waals surface area contributed by atoms with Gasteiger partial charge in [0.15, 0.2) is 0 Å². The summed E-state index contributed by atoms with van der Waals surface area (Å²) in [6.45, 7) is 4.32. The number of hydrogen-bond acceptors (Lipinski definition) is 4. The Morgan fingerprint density at radius 3 is 2.90 bits per heavy atom. The van der Waals surface area contributed by atoms with E-state index in [4.69, 9.17) is 0 Å². The van der Waals surface area contributed by atoms with Gasteiger partial charge >= 0.3 is 0 Å². The van der Waals surface area contributed by atoms with Crippen LogP contribution in [0, 0.1) is 0 Å². The summed E-state index contributed by atoms with van der Waals surface area (Å²) < 4.78 is 24.6. The fraction of sp³-hybridized carbons (Fsp3) is 0.500. The molecule has 0 aliphatic carbocycles. The van der Waals surface area contributed by atoms with E-state index < -0.39 is 9.84 Å². The Balaban J connectivity index is 2.25. The minimum absolute atomic E-state index is 0.134. The van der Waals surface area contributed by atoms with Crippen LogP contribution in [-0.2, 0) is 22.9 Å². The molecule has 0 spiro atoms. The van der Waals surface area contributed by atoms with Crippen molar-refractivity contribution in [2.24, 2.45) is 0 Å². The number of sulfone groups is 1.